The first-order valence-electron chi connectivity index (χ1n) is 11.9. The molecule has 0 unspecified atom stereocenters. The number of amides is 1. The summed E-state index contributed by atoms with van der Waals surface area (Å²) in [5, 5.41) is 4.01. The lowest BCUT2D eigenvalue weighted by atomic mass is 10.1. The first-order valence-corrected chi connectivity index (χ1v) is 11.9. The first kappa shape index (κ1) is 23.9. The van der Waals surface area contributed by atoms with Crippen molar-refractivity contribution in [2.75, 3.05) is 45.0 Å². The molecule has 0 saturated carbocycles. The van der Waals surface area contributed by atoms with Crippen molar-refractivity contribution in [1.29, 1.82) is 0 Å². The van der Waals surface area contributed by atoms with Crippen molar-refractivity contribution in [2.45, 2.75) is 6.18 Å². The average molecular weight is 525 g/mol. The molecule has 0 N–H and O–H groups in total. The number of halogens is 3. The number of fused-ring (bicyclic) bond motifs is 2. The third-order valence-corrected chi connectivity index (χ3v) is 6.59. The summed E-state index contributed by atoms with van der Waals surface area (Å²) in [7, 11) is 1.60. The number of carbonyl (C=O) groups excluding carboxylic acids is 1. The number of methoxy groups -OCH3 is 1. The van der Waals surface area contributed by atoms with Crippen LogP contribution >= 0.6 is 0 Å². The van der Waals surface area contributed by atoms with Gasteiger partial charge in [-0.1, -0.05) is 6.07 Å². The van der Waals surface area contributed by atoms with Crippen LogP contribution in [0, 0.1) is 0 Å². The van der Waals surface area contributed by atoms with E-state index in [1.807, 2.05) is 24.3 Å². The second-order valence-corrected chi connectivity index (χ2v) is 8.87. The Kier molecular flexibility index (Phi) is 5.73. The molecule has 1 saturated heterocycles. The summed E-state index contributed by atoms with van der Waals surface area (Å²) in [5.41, 5.74) is 0.266. The normalized spacial score (nSPS) is 15.3. The van der Waals surface area contributed by atoms with Gasteiger partial charge in [0.25, 0.3) is 5.91 Å². The molecule has 38 heavy (non-hydrogen) atoms. The molecule has 0 spiro atoms. The summed E-state index contributed by atoms with van der Waals surface area (Å²) in [6.07, 6.45) is -4.72. The Morgan fingerprint density at radius 2 is 1.76 bits per heavy atom. The molecule has 0 radical (unpaired) electrons. The average Bonchev–Trinajstić information content (AvgIpc) is 3.58. The molecule has 2 aliphatic rings. The summed E-state index contributed by atoms with van der Waals surface area (Å²) in [6, 6.07) is 14.6. The van der Waals surface area contributed by atoms with Crippen LogP contribution in [0.4, 0.5) is 18.9 Å². The van der Waals surface area contributed by atoms with Gasteiger partial charge in [0.15, 0.2) is 28.5 Å². The summed E-state index contributed by atoms with van der Waals surface area (Å²) in [4.78, 5) is 21.3. The molecular weight excluding hydrogens is 503 g/mol. The zero-order valence-corrected chi connectivity index (χ0v) is 20.2. The van der Waals surface area contributed by atoms with E-state index in [2.05, 4.69) is 15.0 Å². The smallest absolute Gasteiger partial charge is 0.433 e. The van der Waals surface area contributed by atoms with Gasteiger partial charge in [0, 0.05) is 49.6 Å². The lowest BCUT2D eigenvalue weighted by Crippen LogP contribution is -2.48. The lowest BCUT2D eigenvalue weighted by Gasteiger charge is -2.35. The van der Waals surface area contributed by atoms with Crippen molar-refractivity contribution in [1.82, 2.24) is 19.5 Å². The summed E-state index contributed by atoms with van der Waals surface area (Å²) >= 11 is 0. The van der Waals surface area contributed by atoms with Crippen molar-refractivity contribution in [3.63, 3.8) is 0 Å². The van der Waals surface area contributed by atoms with E-state index in [1.165, 1.54) is 6.07 Å². The number of ether oxygens (including phenoxy) is 3. The molecule has 2 aromatic carbocycles. The van der Waals surface area contributed by atoms with Gasteiger partial charge in [0.2, 0.25) is 6.79 Å². The molecule has 196 valence electrons. The monoisotopic (exact) mass is 525 g/mol. The van der Waals surface area contributed by atoms with E-state index < -0.39 is 17.8 Å². The number of hydrogen-bond acceptors (Lipinski definition) is 7. The fraction of sp³-hybridized carbons (Fsp3) is 0.269. The maximum absolute atomic E-state index is 14.0. The summed E-state index contributed by atoms with van der Waals surface area (Å²) < 4.78 is 58.6. The van der Waals surface area contributed by atoms with Gasteiger partial charge in [-0.3, -0.25) is 4.79 Å². The van der Waals surface area contributed by atoms with Gasteiger partial charge >= 0.3 is 6.18 Å². The van der Waals surface area contributed by atoms with Gasteiger partial charge in [-0.15, -0.1) is 0 Å². The summed E-state index contributed by atoms with van der Waals surface area (Å²) in [5.74, 6) is 1.22. The molecule has 9 nitrogen and oxygen atoms in total. The number of alkyl halides is 3. The van der Waals surface area contributed by atoms with Crippen molar-refractivity contribution in [2.24, 2.45) is 0 Å². The number of rotatable bonds is 4. The van der Waals surface area contributed by atoms with Gasteiger partial charge in [-0.2, -0.15) is 18.3 Å². The quantitative estimate of drug-likeness (QED) is 0.397. The molecule has 6 rings (SSSR count). The molecule has 2 aromatic heterocycles. The topological polar surface area (TPSA) is 81.4 Å². The second-order valence-electron chi connectivity index (χ2n) is 8.87. The van der Waals surface area contributed by atoms with E-state index in [0.717, 1.165) is 17.5 Å². The highest BCUT2D eigenvalue weighted by molar-refractivity contribution is 5.93. The minimum Gasteiger partial charge on any atom is -0.497 e. The van der Waals surface area contributed by atoms with Crippen molar-refractivity contribution in [3.8, 4) is 28.5 Å². The van der Waals surface area contributed by atoms with Crippen LogP contribution in [-0.2, 0) is 6.18 Å². The maximum Gasteiger partial charge on any atom is 0.433 e. The van der Waals surface area contributed by atoms with Gasteiger partial charge < -0.3 is 24.0 Å². The van der Waals surface area contributed by atoms with Crippen molar-refractivity contribution < 1.29 is 32.2 Å². The molecule has 0 aliphatic carbocycles. The molecule has 4 aromatic rings. The fourth-order valence-electron chi connectivity index (χ4n) is 4.62. The predicted molar refractivity (Wildman–Crippen MR) is 131 cm³/mol. The predicted octanol–water partition coefficient (Wildman–Crippen LogP) is 4.11. The van der Waals surface area contributed by atoms with E-state index in [0.29, 0.717) is 47.8 Å². The third kappa shape index (κ3) is 4.31. The van der Waals surface area contributed by atoms with Crippen molar-refractivity contribution >= 4 is 17.2 Å². The molecule has 12 heteroatoms. The third-order valence-electron chi connectivity index (χ3n) is 6.59. The minimum absolute atomic E-state index is 0.0426. The van der Waals surface area contributed by atoms with Crippen LogP contribution < -0.4 is 19.1 Å². The van der Waals surface area contributed by atoms with Crippen LogP contribution in [0.1, 0.15) is 16.2 Å². The van der Waals surface area contributed by atoms with Gasteiger partial charge in [0.05, 0.1) is 12.8 Å². The van der Waals surface area contributed by atoms with Crippen LogP contribution in [-0.4, -0.2) is 65.5 Å². The van der Waals surface area contributed by atoms with Gasteiger partial charge in [-0.05, 0) is 36.4 Å². The number of benzene rings is 2. The van der Waals surface area contributed by atoms with Crippen LogP contribution in [0.5, 0.6) is 17.2 Å². The number of anilines is 1. The van der Waals surface area contributed by atoms with E-state index in [4.69, 9.17) is 14.2 Å². The SMILES string of the molecule is COc1cccc(N2CCN(C(=O)c3cc4nc(-c5ccc6c(c5)OCO6)cc(C(F)(F)F)n4n3)CC2)c1. The molecule has 4 heterocycles. The molecule has 0 atom stereocenters. The Morgan fingerprint density at radius 1 is 0.974 bits per heavy atom. The number of aromatic nitrogens is 3. The Hall–Kier alpha value is -4.48. The molecular formula is C26H22F3N5O4. The number of carbonyl (C=O) groups is 1. The highest BCUT2D eigenvalue weighted by atomic mass is 19.4. The van der Waals surface area contributed by atoms with Crippen LogP contribution in [0.3, 0.4) is 0 Å². The van der Waals surface area contributed by atoms with Crippen LogP contribution in [0.25, 0.3) is 16.9 Å². The van der Waals surface area contributed by atoms with Gasteiger partial charge in [0.1, 0.15) is 5.75 Å². The maximum atomic E-state index is 14.0. The van der Waals surface area contributed by atoms with E-state index in [-0.39, 0.29) is 23.8 Å². The van der Waals surface area contributed by atoms with E-state index in [9.17, 15) is 18.0 Å². The zero-order valence-electron chi connectivity index (χ0n) is 20.2. The number of hydrogen-bond donors (Lipinski definition) is 0. The Bertz CT molecular complexity index is 1530. The fourth-order valence-corrected chi connectivity index (χ4v) is 4.62. The van der Waals surface area contributed by atoms with Crippen LogP contribution in [0.15, 0.2) is 54.6 Å². The molecule has 2 aliphatic heterocycles. The summed E-state index contributed by atoms with van der Waals surface area (Å²) in [6.45, 7) is 1.96. The number of nitrogens with zero attached hydrogens (tertiary/aromatic N) is 5. The van der Waals surface area contributed by atoms with Gasteiger partial charge in [-0.25, -0.2) is 9.50 Å². The molecule has 1 amide bonds. The minimum atomic E-state index is -4.72. The number of piperazine rings is 1. The first-order chi connectivity index (χ1) is 18.3. The second kappa shape index (κ2) is 9.12. The van der Waals surface area contributed by atoms with E-state index in [1.54, 1.807) is 30.2 Å². The molecule has 0 bridgehead atoms. The molecule has 1 fully saturated rings. The van der Waals surface area contributed by atoms with Crippen LogP contribution in [0.2, 0.25) is 0 Å². The van der Waals surface area contributed by atoms with E-state index >= 15 is 0 Å². The van der Waals surface area contributed by atoms with Crippen molar-refractivity contribution in [3.05, 3.63) is 66.0 Å². The standard InChI is InChI=1S/C26H22F3N5O4/c1-36-18-4-2-3-17(12-18)32-7-9-33(10-8-32)25(35)20-14-24-30-19(13-23(26(27,28)29)34(24)31-20)16-5-6-21-22(11-16)38-15-37-21/h2-6,11-14H,7-10,15H2,1H3. The lowest BCUT2D eigenvalue weighted by molar-refractivity contribution is -0.142. The Morgan fingerprint density at radius 3 is 2.53 bits per heavy atom. The Balaban J connectivity index is 1.27. The zero-order chi connectivity index (χ0) is 26.4. The largest absolute Gasteiger partial charge is 0.497 e. The Labute approximate surface area is 214 Å². The highest BCUT2D eigenvalue weighted by Gasteiger charge is 2.36. The highest BCUT2D eigenvalue weighted by Crippen LogP contribution is 2.37.